The van der Waals surface area contributed by atoms with E-state index in [2.05, 4.69) is 5.32 Å². The van der Waals surface area contributed by atoms with Crippen LogP contribution in [0, 0.1) is 0 Å². The number of carbonyl (C=O) groups is 1. The lowest BCUT2D eigenvalue weighted by Crippen LogP contribution is -2.50. The van der Waals surface area contributed by atoms with Crippen molar-refractivity contribution in [2.45, 2.75) is 43.1 Å². The first-order chi connectivity index (χ1) is 14.1. The molecule has 1 amide bonds. The first kappa shape index (κ1) is 18.6. The number of ether oxygens (including phenoxy) is 2. The Bertz CT molecular complexity index is 937. The molecule has 3 heterocycles. The second kappa shape index (κ2) is 7.14. The number of fused-ring (bicyclic) bond motifs is 6. The van der Waals surface area contributed by atoms with Gasteiger partial charge in [-0.15, -0.1) is 0 Å². The van der Waals surface area contributed by atoms with E-state index < -0.39 is 19.2 Å². The second-order valence-corrected chi connectivity index (χ2v) is 7.77. The highest BCUT2D eigenvalue weighted by molar-refractivity contribution is 6.32. The maximum absolute atomic E-state index is 13.3. The molecule has 3 aliphatic rings. The van der Waals surface area contributed by atoms with Gasteiger partial charge in [0.05, 0.1) is 12.7 Å². The van der Waals surface area contributed by atoms with Gasteiger partial charge in [0.2, 0.25) is 0 Å². The summed E-state index contributed by atoms with van der Waals surface area (Å²) in [4.78, 5) is 13.3. The molecule has 0 aromatic heterocycles. The normalized spacial score (nSPS) is 27.1. The van der Waals surface area contributed by atoms with E-state index in [0.29, 0.717) is 19.4 Å². The molecule has 4 atom stereocenters. The van der Waals surface area contributed by atoms with Crippen molar-refractivity contribution in [3.05, 3.63) is 65.2 Å². The third-order valence-electron chi connectivity index (χ3n) is 6.09. The number of carbonyl (C=O) groups excluding carboxylic acids is 1. The zero-order valence-electron chi connectivity index (χ0n) is 15.8. The minimum Gasteiger partial charge on any atom is -0.493 e. The van der Waals surface area contributed by atoms with Crippen molar-refractivity contribution in [2.75, 3.05) is 6.61 Å². The molecule has 7 nitrogen and oxygen atoms in total. The third kappa shape index (κ3) is 3.12. The van der Waals surface area contributed by atoms with Crippen molar-refractivity contribution < 1.29 is 29.0 Å². The number of hydrogen-bond donors (Lipinski definition) is 3. The summed E-state index contributed by atoms with van der Waals surface area (Å²) in [5.41, 5.74) is 1.90. The number of hydrogen-bond acceptors (Lipinski definition) is 6. The predicted molar refractivity (Wildman–Crippen MR) is 104 cm³/mol. The molecule has 0 saturated carbocycles. The summed E-state index contributed by atoms with van der Waals surface area (Å²) in [5, 5.41) is 21.6. The van der Waals surface area contributed by atoms with Crippen molar-refractivity contribution in [1.29, 1.82) is 0 Å². The van der Waals surface area contributed by atoms with Gasteiger partial charge < -0.3 is 29.5 Å². The summed E-state index contributed by atoms with van der Waals surface area (Å²) < 4.78 is 17.0. The molecule has 2 aromatic carbocycles. The number of para-hydroxylation sites is 1. The summed E-state index contributed by atoms with van der Waals surface area (Å²) in [7, 11) is -2.00. The molecule has 150 valence electrons. The van der Waals surface area contributed by atoms with E-state index in [9.17, 15) is 14.8 Å². The van der Waals surface area contributed by atoms with Crippen LogP contribution in [0.3, 0.4) is 0 Å². The van der Waals surface area contributed by atoms with Gasteiger partial charge in [0, 0.05) is 17.9 Å². The van der Waals surface area contributed by atoms with Gasteiger partial charge in [-0.25, -0.2) is 0 Å². The molecule has 1 saturated heterocycles. The maximum atomic E-state index is 13.3. The highest BCUT2D eigenvalue weighted by Gasteiger charge is 2.55. The van der Waals surface area contributed by atoms with E-state index >= 15 is 0 Å². The fraction of sp³-hybridized carbons (Fsp3) is 0.381. The van der Waals surface area contributed by atoms with E-state index in [1.165, 1.54) is 0 Å². The number of nitrogens with one attached hydrogen (secondary N) is 1. The Kier molecular flexibility index (Phi) is 4.59. The Labute approximate surface area is 168 Å². The van der Waals surface area contributed by atoms with Gasteiger partial charge in [-0.3, -0.25) is 4.79 Å². The predicted octanol–water partition coefficient (Wildman–Crippen LogP) is 1.74. The van der Waals surface area contributed by atoms with E-state index in [1.807, 2.05) is 48.5 Å². The Hall–Kier alpha value is -2.39. The van der Waals surface area contributed by atoms with Crippen LogP contribution in [0.25, 0.3) is 0 Å². The van der Waals surface area contributed by atoms with Crippen LogP contribution in [-0.4, -0.2) is 36.1 Å². The maximum Gasteiger partial charge on any atom is 0.635 e. The van der Waals surface area contributed by atoms with E-state index in [4.69, 9.17) is 14.1 Å². The smallest absolute Gasteiger partial charge is 0.493 e. The average Bonchev–Trinajstić information content (AvgIpc) is 3.41. The number of rotatable bonds is 6. The van der Waals surface area contributed by atoms with Crippen molar-refractivity contribution in [1.82, 2.24) is 5.32 Å². The minimum absolute atomic E-state index is 0.0270. The molecule has 0 spiro atoms. The van der Waals surface area contributed by atoms with Crippen LogP contribution in [0.5, 0.6) is 5.75 Å². The van der Waals surface area contributed by atoms with Crippen molar-refractivity contribution in [3.8, 4) is 5.75 Å². The summed E-state index contributed by atoms with van der Waals surface area (Å²) >= 11 is 0. The first-order valence-electron chi connectivity index (χ1n) is 9.88. The fourth-order valence-corrected chi connectivity index (χ4v) is 4.79. The Morgan fingerprint density at radius 2 is 1.97 bits per heavy atom. The molecule has 0 aliphatic carbocycles. The molecular weight excluding hydrogens is 373 g/mol. The zero-order chi connectivity index (χ0) is 20.0. The van der Waals surface area contributed by atoms with Crippen molar-refractivity contribution in [3.63, 3.8) is 0 Å². The summed E-state index contributed by atoms with van der Waals surface area (Å²) in [6, 6.07) is 15.5. The molecule has 8 heteroatoms. The molecular formula is C21H22BNO6. The van der Waals surface area contributed by atoms with E-state index in [1.54, 1.807) is 0 Å². The lowest BCUT2D eigenvalue weighted by molar-refractivity contribution is -0.147. The van der Waals surface area contributed by atoms with Gasteiger partial charge in [-0.2, -0.15) is 0 Å². The van der Waals surface area contributed by atoms with Crippen LogP contribution in [0.2, 0.25) is 0 Å². The lowest BCUT2D eigenvalue weighted by atomic mass is 9.81. The van der Waals surface area contributed by atoms with Crippen LogP contribution in [0.15, 0.2) is 48.5 Å². The minimum atomic E-state index is -2.00. The van der Waals surface area contributed by atoms with Crippen molar-refractivity contribution in [2.24, 2.45) is 0 Å². The molecule has 0 radical (unpaired) electrons. The van der Waals surface area contributed by atoms with Crippen LogP contribution in [-0.2, 0) is 19.8 Å². The Morgan fingerprint density at radius 3 is 2.79 bits per heavy atom. The molecule has 3 aliphatic heterocycles. The van der Waals surface area contributed by atoms with Gasteiger partial charge in [0.15, 0.2) is 5.60 Å². The number of amides is 1. The molecule has 0 unspecified atom stereocenters. The third-order valence-corrected chi connectivity index (χ3v) is 6.09. The van der Waals surface area contributed by atoms with Gasteiger partial charge in [0.25, 0.3) is 5.91 Å². The molecule has 2 aromatic rings. The Balaban J connectivity index is 1.36. The molecule has 5 rings (SSSR count). The van der Waals surface area contributed by atoms with E-state index in [-0.39, 0.29) is 17.9 Å². The summed E-state index contributed by atoms with van der Waals surface area (Å²) in [6.07, 6.45) is 0.746. The van der Waals surface area contributed by atoms with Crippen LogP contribution in [0.4, 0.5) is 0 Å². The quantitative estimate of drug-likeness (QED) is 0.509. The van der Waals surface area contributed by atoms with Crippen molar-refractivity contribution >= 4 is 13.2 Å². The summed E-state index contributed by atoms with van der Waals surface area (Å²) in [6.45, 7) is 0.448. The monoisotopic (exact) mass is 395 g/mol. The van der Waals surface area contributed by atoms with Crippen LogP contribution >= 0.6 is 0 Å². The highest BCUT2D eigenvalue weighted by atomic mass is 16.6. The molecule has 2 bridgehead atoms. The van der Waals surface area contributed by atoms with Gasteiger partial charge >= 0.3 is 7.32 Å². The summed E-state index contributed by atoms with van der Waals surface area (Å²) in [5.74, 6) is 0.459. The lowest BCUT2D eigenvalue weighted by Gasteiger charge is -2.29. The molecule has 3 N–H and O–H groups in total. The van der Waals surface area contributed by atoms with Gasteiger partial charge in [-0.1, -0.05) is 42.5 Å². The van der Waals surface area contributed by atoms with Crippen LogP contribution < -0.4 is 10.1 Å². The fourth-order valence-electron chi connectivity index (χ4n) is 4.79. The first-order valence-corrected chi connectivity index (χ1v) is 9.88. The Morgan fingerprint density at radius 1 is 1.21 bits per heavy atom. The van der Waals surface area contributed by atoms with Gasteiger partial charge in [0.1, 0.15) is 12.0 Å². The van der Waals surface area contributed by atoms with Gasteiger partial charge in [-0.05, 0) is 30.0 Å². The topological polar surface area (TPSA) is 97.3 Å². The standard InChI is InChI=1S/C21H22BNO6/c24-20(21-10-9-18(28-21)15-6-1-3-7-16(15)21)23-19(29-22(25)26)11-13-12-27-17-8-4-2-5-14(13)17/h1-8,13,18-19,25-26H,9-12H2,(H,23,24)/t13-,18+,19-,21-/m1/s1. The highest BCUT2D eigenvalue weighted by Crippen LogP contribution is 2.54. The second-order valence-electron chi connectivity index (χ2n) is 7.77. The van der Waals surface area contributed by atoms with E-state index in [0.717, 1.165) is 28.9 Å². The average molecular weight is 395 g/mol. The molecule has 29 heavy (non-hydrogen) atoms. The SMILES string of the molecule is O=C(N[C@@H](C[C@@H]1COc2ccccc21)OB(O)O)[C@]12CC[C@H](O1)c1ccccc12. The zero-order valence-corrected chi connectivity index (χ0v) is 15.8. The molecule has 1 fully saturated rings. The number of benzene rings is 2. The largest absolute Gasteiger partial charge is 0.635 e. The van der Waals surface area contributed by atoms with Crippen LogP contribution in [0.1, 0.15) is 48.0 Å².